The Morgan fingerprint density at radius 3 is 2.79 bits per heavy atom. The summed E-state index contributed by atoms with van der Waals surface area (Å²) in [6.07, 6.45) is 3.69. The van der Waals surface area contributed by atoms with Gasteiger partial charge in [0.25, 0.3) is 0 Å². The molecule has 0 heterocycles. The van der Waals surface area contributed by atoms with Gasteiger partial charge in [0.05, 0.1) is 7.11 Å². The van der Waals surface area contributed by atoms with Crippen LogP contribution in [0, 0.1) is 0 Å². The first kappa shape index (κ1) is 16.0. The molecular weight excluding hydrogens is 236 g/mol. The van der Waals surface area contributed by atoms with Crippen molar-refractivity contribution in [3.63, 3.8) is 0 Å². The molecule has 1 aromatic rings. The van der Waals surface area contributed by atoms with E-state index >= 15 is 0 Å². The zero-order chi connectivity index (χ0) is 14.1. The number of hydrogen-bond donors (Lipinski definition) is 1. The molecule has 1 aromatic carbocycles. The molecule has 0 amide bonds. The third kappa shape index (κ3) is 6.08. The molecule has 0 aliphatic rings. The quantitative estimate of drug-likeness (QED) is 0.742. The molecule has 1 atom stereocenters. The van der Waals surface area contributed by atoms with E-state index in [1.54, 1.807) is 7.11 Å². The van der Waals surface area contributed by atoms with Crippen LogP contribution in [0.5, 0.6) is 5.75 Å². The Balaban J connectivity index is 2.32. The number of ether oxygens (including phenoxy) is 1. The van der Waals surface area contributed by atoms with Gasteiger partial charge in [-0.1, -0.05) is 19.1 Å². The van der Waals surface area contributed by atoms with Crippen LogP contribution in [0.3, 0.4) is 0 Å². The Hall–Kier alpha value is -1.06. The fourth-order valence-corrected chi connectivity index (χ4v) is 2.32. The van der Waals surface area contributed by atoms with Gasteiger partial charge in [-0.15, -0.1) is 0 Å². The highest BCUT2D eigenvalue weighted by Crippen LogP contribution is 2.14. The second kappa shape index (κ2) is 8.94. The molecule has 1 unspecified atom stereocenters. The second-order valence-corrected chi connectivity index (χ2v) is 5.13. The van der Waals surface area contributed by atoms with Crippen molar-refractivity contribution in [3.05, 3.63) is 29.8 Å². The van der Waals surface area contributed by atoms with E-state index in [4.69, 9.17) is 4.74 Å². The lowest BCUT2D eigenvalue weighted by Crippen LogP contribution is -2.26. The number of methoxy groups -OCH3 is 1. The molecule has 1 N–H and O–H groups in total. The lowest BCUT2D eigenvalue weighted by Gasteiger charge is -2.19. The van der Waals surface area contributed by atoms with E-state index in [1.807, 2.05) is 13.1 Å². The summed E-state index contributed by atoms with van der Waals surface area (Å²) in [5.74, 6) is 0.937. The first-order valence-corrected chi connectivity index (χ1v) is 7.18. The Morgan fingerprint density at radius 2 is 2.16 bits per heavy atom. The van der Waals surface area contributed by atoms with Gasteiger partial charge in [-0.2, -0.15) is 0 Å². The van der Waals surface area contributed by atoms with Crippen molar-refractivity contribution in [2.24, 2.45) is 0 Å². The average Bonchev–Trinajstić information content (AvgIpc) is 2.44. The molecule has 0 fully saturated rings. The van der Waals surface area contributed by atoms with E-state index in [-0.39, 0.29) is 0 Å². The van der Waals surface area contributed by atoms with Crippen molar-refractivity contribution in [1.29, 1.82) is 0 Å². The van der Waals surface area contributed by atoms with E-state index in [9.17, 15) is 0 Å². The Labute approximate surface area is 118 Å². The van der Waals surface area contributed by atoms with Crippen molar-refractivity contribution in [1.82, 2.24) is 10.2 Å². The van der Waals surface area contributed by atoms with Crippen LogP contribution in [0.4, 0.5) is 0 Å². The second-order valence-electron chi connectivity index (χ2n) is 5.13. The van der Waals surface area contributed by atoms with Gasteiger partial charge < -0.3 is 15.0 Å². The van der Waals surface area contributed by atoms with Crippen LogP contribution in [0.25, 0.3) is 0 Å². The van der Waals surface area contributed by atoms with Gasteiger partial charge in [0, 0.05) is 12.6 Å². The van der Waals surface area contributed by atoms with Crippen molar-refractivity contribution < 1.29 is 4.74 Å². The molecule has 0 aliphatic carbocycles. The van der Waals surface area contributed by atoms with Crippen LogP contribution < -0.4 is 10.1 Å². The standard InChI is InChI=1S/C16H28N2O/c1-5-15(17-2)9-7-11-18(3)13-14-8-6-10-16(12-14)19-4/h6,8,10,12,15,17H,5,7,9,11,13H2,1-4H3. The average molecular weight is 264 g/mol. The largest absolute Gasteiger partial charge is 0.497 e. The summed E-state index contributed by atoms with van der Waals surface area (Å²) in [5, 5.41) is 3.36. The maximum atomic E-state index is 5.25. The highest BCUT2D eigenvalue weighted by molar-refractivity contribution is 5.28. The highest BCUT2D eigenvalue weighted by Gasteiger charge is 2.05. The molecule has 0 saturated heterocycles. The number of benzene rings is 1. The van der Waals surface area contributed by atoms with E-state index in [2.05, 4.69) is 42.4 Å². The van der Waals surface area contributed by atoms with Gasteiger partial charge in [0.1, 0.15) is 5.75 Å². The Morgan fingerprint density at radius 1 is 1.37 bits per heavy atom. The molecule has 0 aromatic heterocycles. The number of hydrogen-bond acceptors (Lipinski definition) is 3. The molecule has 0 saturated carbocycles. The summed E-state index contributed by atoms with van der Waals surface area (Å²) in [4.78, 5) is 2.37. The topological polar surface area (TPSA) is 24.5 Å². The zero-order valence-electron chi connectivity index (χ0n) is 12.8. The molecule has 19 heavy (non-hydrogen) atoms. The number of nitrogens with zero attached hydrogens (tertiary/aromatic N) is 1. The first-order chi connectivity index (χ1) is 9.19. The minimum Gasteiger partial charge on any atom is -0.497 e. The molecule has 1 rings (SSSR count). The fraction of sp³-hybridized carbons (Fsp3) is 0.625. The van der Waals surface area contributed by atoms with Gasteiger partial charge in [-0.25, -0.2) is 0 Å². The molecule has 108 valence electrons. The van der Waals surface area contributed by atoms with E-state index < -0.39 is 0 Å². The minimum absolute atomic E-state index is 0.658. The maximum Gasteiger partial charge on any atom is 0.119 e. The Kier molecular flexibility index (Phi) is 7.53. The summed E-state index contributed by atoms with van der Waals surface area (Å²) in [5.41, 5.74) is 1.31. The molecule has 0 spiro atoms. The minimum atomic E-state index is 0.658. The van der Waals surface area contributed by atoms with E-state index in [0.717, 1.165) is 18.8 Å². The zero-order valence-corrected chi connectivity index (χ0v) is 12.8. The number of nitrogens with one attached hydrogen (secondary N) is 1. The van der Waals surface area contributed by atoms with E-state index in [1.165, 1.54) is 24.8 Å². The van der Waals surface area contributed by atoms with Gasteiger partial charge in [0.2, 0.25) is 0 Å². The highest BCUT2D eigenvalue weighted by atomic mass is 16.5. The summed E-state index contributed by atoms with van der Waals surface area (Å²) in [7, 11) is 5.94. The van der Waals surface area contributed by atoms with Crippen molar-refractivity contribution in [2.75, 3.05) is 27.7 Å². The van der Waals surface area contributed by atoms with Gasteiger partial charge in [-0.3, -0.25) is 0 Å². The van der Waals surface area contributed by atoms with Crippen LogP contribution in [0.2, 0.25) is 0 Å². The first-order valence-electron chi connectivity index (χ1n) is 7.18. The van der Waals surface area contributed by atoms with Crippen LogP contribution >= 0.6 is 0 Å². The monoisotopic (exact) mass is 264 g/mol. The van der Waals surface area contributed by atoms with Gasteiger partial charge in [-0.05, 0) is 57.6 Å². The Bertz CT molecular complexity index is 350. The van der Waals surface area contributed by atoms with Crippen LogP contribution in [0.1, 0.15) is 31.7 Å². The van der Waals surface area contributed by atoms with Gasteiger partial charge in [0.15, 0.2) is 0 Å². The van der Waals surface area contributed by atoms with Crippen LogP contribution in [-0.4, -0.2) is 38.7 Å². The summed E-state index contributed by atoms with van der Waals surface area (Å²) in [6.45, 7) is 4.35. The maximum absolute atomic E-state index is 5.25. The fourth-order valence-electron chi connectivity index (χ4n) is 2.32. The molecule has 0 aliphatic heterocycles. The van der Waals surface area contributed by atoms with Crippen molar-refractivity contribution in [3.8, 4) is 5.75 Å². The third-order valence-corrected chi connectivity index (χ3v) is 3.58. The van der Waals surface area contributed by atoms with Gasteiger partial charge >= 0.3 is 0 Å². The van der Waals surface area contributed by atoms with Crippen molar-refractivity contribution in [2.45, 2.75) is 38.8 Å². The molecule has 3 heteroatoms. The predicted molar refractivity (Wildman–Crippen MR) is 81.7 cm³/mol. The lowest BCUT2D eigenvalue weighted by molar-refractivity contribution is 0.308. The van der Waals surface area contributed by atoms with Crippen LogP contribution in [-0.2, 0) is 6.54 Å². The SMILES string of the molecule is CCC(CCCN(C)Cc1cccc(OC)c1)NC. The molecule has 3 nitrogen and oxygen atoms in total. The molecular formula is C16H28N2O. The molecule has 0 bridgehead atoms. The summed E-state index contributed by atoms with van der Waals surface area (Å²) in [6, 6.07) is 8.96. The summed E-state index contributed by atoms with van der Waals surface area (Å²) >= 11 is 0. The smallest absolute Gasteiger partial charge is 0.119 e. The normalized spacial score (nSPS) is 12.7. The van der Waals surface area contributed by atoms with E-state index in [0.29, 0.717) is 6.04 Å². The number of rotatable bonds is 9. The molecule has 0 radical (unpaired) electrons. The predicted octanol–water partition coefficient (Wildman–Crippen LogP) is 2.91. The van der Waals surface area contributed by atoms with Crippen molar-refractivity contribution >= 4 is 0 Å². The van der Waals surface area contributed by atoms with Crippen LogP contribution in [0.15, 0.2) is 24.3 Å². The third-order valence-electron chi connectivity index (χ3n) is 3.58. The summed E-state index contributed by atoms with van der Waals surface area (Å²) < 4.78 is 5.25. The lowest BCUT2D eigenvalue weighted by atomic mass is 10.1.